The Bertz CT molecular complexity index is 488. The molecule has 1 aromatic rings. The van der Waals surface area contributed by atoms with E-state index in [9.17, 15) is 9.59 Å². The molecule has 2 rings (SSSR count). The first-order chi connectivity index (χ1) is 9.11. The number of ether oxygens (including phenoxy) is 2. The van der Waals surface area contributed by atoms with Crippen molar-refractivity contribution >= 4 is 11.9 Å². The number of carboxylic acids is 1. The van der Waals surface area contributed by atoms with Crippen LogP contribution in [0, 0.1) is 0 Å². The van der Waals surface area contributed by atoms with Crippen molar-refractivity contribution in [1.82, 2.24) is 5.32 Å². The van der Waals surface area contributed by atoms with Crippen LogP contribution in [0.3, 0.4) is 0 Å². The number of amides is 1. The Balaban J connectivity index is 2.01. The minimum Gasteiger partial charge on any atom is -0.485 e. The molecule has 1 heterocycles. The molecule has 0 aromatic heterocycles. The predicted octanol–water partition coefficient (Wildman–Crippen LogP) is 0.806. The predicted molar refractivity (Wildman–Crippen MR) is 66.2 cm³/mol. The molecule has 1 aliphatic rings. The lowest BCUT2D eigenvalue weighted by Crippen LogP contribution is -2.49. The Kier molecular flexibility index (Phi) is 3.89. The third-order valence-corrected chi connectivity index (χ3v) is 2.82. The fourth-order valence-corrected chi connectivity index (χ4v) is 1.75. The Labute approximate surface area is 110 Å². The van der Waals surface area contributed by atoms with Gasteiger partial charge in [0.05, 0.1) is 0 Å². The SMILES string of the molecule is CC[C@H](NC(=O)C1COc2ccccc2O1)C(=O)O. The fraction of sp³-hybridized carbons (Fsp3) is 0.385. The smallest absolute Gasteiger partial charge is 0.326 e. The molecule has 0 fully saturated rings. The van der Waals surface area contributed by atoms with Crippen molar-refractivity contribution in [2.45, 2.75) is 25.5 Å². The average Bonchev–Trinajstić information content (AvgIpc) is 2.43. The van der Waals surface area contributed by atoms with Gasteiger partial charge in [-0.25, -0.2) is 4.79 Å². The van der Waals surface area contributed by atoms with Crippen LogP contribution in [0.2, 0.25) is 0 Å². The summed E-state index contributed by atoms with van der Waals surface area (Å²) in [5.41, 5.74) is 0. The molecule has 6 nitrogen and oxygen atoms in total. The molecule has 6 heteroatoms. The van der Waals surface area contributed by atoms with E-state index in [0.717, 1.165) is 0 Å². The van der Waals surface area contributed by atoms with Gasteiger partial charge in [-0.15, -0.1) is 0 Å². The Morgan fingerprint density at radius 2 is 2.11 bits per heavy atom. The molecular formula is C13H15NO5. The maximum atomic E-state index is 11.9. The summed E-state index contributed by atoms with van der Waals surface area (Å²) in [6.07, 6.45) is -0.520. The third-order valence-electron chi connectivity index (χ3n) is 2.82. The van der Waals surface area contributed by atoms with Gasteiger partial charge >= 0.3 is 5.97 Å². The van der Waals surface area contributed by atoms with Crippen molar-refractivity contribution in [3.8, 4) is 11.5 Å². The molecule has 1 amide bonds. The first kappa shape index (κ1) is 13.2. The molecule has 1 aliphatic heterocycles. The first-order valence-electron chi connectivity index (χ1n) is 6.03. The number of carboxylic acid groups (broad SMARTS) is 1. The molecule has 102 valence electrons. The van der Waals surface area contributed by atoms with Crippen molar-refractivity contribution in [2.75, 3.05) is 6.61 Å². The largest absolute Gasteiger partial charge is 0.485 e. The van der Waals surface area contributed by atoms with E-state index in [1.165, 1.54) is 0 Å². The number of nitrogens with one attached hydrogen (secondary N) is 1. The van der Waals surface area contributed by atoms with Gasteiger partial charge in [0.15, 0.2) is 11.5 Å². The second-order valence-electron chi connectivity index (χ2n) is 4.17. The van der Waals surface area contributed by atoms with Crippen molar-refractivity contribution in [3.63, 3.8) is 0 Å². The van der Waals surface area contributed by atoms with Crippen LogP contribution in [0.4, 0.5) is 0 Å². The van der Waals surface area contributed by atoms with Crippen LogP contribution in [0.5, 0.6) is 11.5 Å². The summed E-state index contributed by atoms with van der Waals surface area (Å²) in [6.45, 7) is 1.76. The number of para-hydroxylation sites is 2. The van der Waals surface area contributed by atoms with Gasteiger partial charge in [0, 0.05) is 0 Å². The summed E-state index contributed by atoms with van der Waals surface area (Å²) in [5, 5.41) is 11.3. The van der Waals surface area contributed by atoms with Gasteiger partial charge < -0.3 is 19.9 Å². The van der Waals surface area contributed by atoms with Gasteiger partial charge in [0.2, 0.25) is 6.10 Å². The van der Waals surface area contributed by atoms with E-state index >= 15 is 0 Å². The number of carbonyl (C=O) groups is 2. The lowest BCUT2D eigenvalue weighted by atomic mass is 10.2. The van der Waals surface area contributed by atoms with Gasteiger partial charge in [-0.1, -0.05) is 19.1 Å². The Morgan fingerprint density at radius 3 is 2.74 bits per heavy atom. The van der Waals surface area contributed by atoms with Crippen LogP contribution < -0.4 is 14.8 Å². The highest BCUT2D eigenvalue weighted by atomic mass is 16.6. The lowest BCUT2D eigenvalue weighted by Gasteiger charge is -2.26. The van der Waals surface area contributed by atoms with Gasteiger partial charge in [0.25, 0.3) is 5.91 Å². The Hall–Kier alpha value is -2.24. The lowest BCUT2D eigenvalue weighted by molar-refractivity contribution is -0.143. The minimum absolute atomic E-state index is 0.0684. The zero-order valence-corrected chi connectivity index (χ0v) is 10.5. The van der Waals surface area contributed by atoms with Gasteiger partial charge in [-0.3, -0.25) is 4.79 Å². The molecule has 0 aliphatic carbocycles. The second kappa shape index (κ2) is 5.60. The van der Waals surface area contributed by atoms with Gasteiger partial charge in [0.1, 0.15) is 12.6 Å². The van der Waals surface area contributed by atoms with E-state index in [2.05, 4.69) is 5.32 Å². The molecule has 19 heavy (non-hydrogen) atoms. The maximum absolute atomic E-state index is 11.9. The number of hydrogen-bond acceptors (Lipinski definition) is 4. The number of carbonyl (C=O) groups excluding carboxylic acids is 1. The highest BCUT2D eigenvalue weighted by Gasteiger charge is 2.29. The first-order valence-corrected chi connectivity index (χ1v) is 6.03. The van der Waals surface area contributed by atoms with Crippen LogP contribution in [0.25, 0.3) is 0 Å². The van der Waals surface area contributed by atoms with Crippen molar-refractivity contribution in [1.29, 1.82) is 0 Å². The molecule has 0 bridgehead atoms. The molecule has 1 unspecified atom stereocenters. The molecule has 2 N–H and O–H groups in total. The molecular weight excluding hydrogens is 250 g/mol. The van der Waals surface area contributed by atoms with Crippen LogP contribution in [-0.4, -0.2) is 35.7 Å². The van der Waals surface area contributed by atoms with E-state index in [1.54, 1.807) is 31.2 Å². The summed E-state index contributed by atoms with van der Waals surface area (Å²) in [4.78, 5) is 22.8. The quantitative estimate of drug-likeness (QED) is 0.841. The second-order valence-corrected chi connectivity index (χ2v) is 4.17. The van der Waals surface area contributed by atoms with Crippen LogP contribution in [0.15, 0.2) is 24.3 Å². The maximum Gasteiger partial charge on any atom is 0.326 e. The van der Waals surface area contributed by atoms with Crippen molar-refractivity contribution < 1.29 is 24.2 Å². The van der Waals surface area contributed by atoms with Crippen molar-refractivity contribution in [2.24, 2.45) is 0 Å². The molecule has 0 radical (unpaired) electrons. The van der Waals surface area contributed by atoms with Gasteiger partial charge in [-0.2, -0.15) is 0 Å². The highest BCUT2D eigenvalue weighted by Crippen LogP contribution is 2.30. The van der Waals surface area contributed by atoms with E-state index in [4.69, 9.17) is 14.6 Å². The zero-order valence-electron chi connectivity index (χ0n) is 10.5. The number of fused-ring (bicyclic) bond motifs is 1. The van der Waals surface area contributed by atoms with E-state index in [1.807, 2.05) is 0 Å². The van der Waals surface area contributed by atoms with E-state index in [0.29, 0.717) is 17.9 Å². The fourth-order valence-electron chi connectivity index (χ4n) is 1.75. The average molecular weight is 265 g/mol. The normalized spacial score (nSPS) is 18.5. The van der Waals surface area contributed by atoms with Crippen LogP contribution >= 0.6 is 0 Å². The molecule has 0 spiro atoms. The van der Waals surface area contributed by atoms with Crippen molar-refractivity contribution in [3.05, 3.63) is 24.3 Å². The standard InChI is InChI=1S/C13H15NO5/c1-2-8(13(16)17)14-12(15)11-7-18-9-5-3-4-6-10(9)19-11/h3-6,8,11H,2,7H2,1H3,(H,14,15)(H,16,17)/t8-,11?/m0/s1. The summed E-state index contributed by atoms with van der Waals surface area (Å²) in [5.74, 6) is -0.481. The Morgan fingerprint density at radius 1 is 1.42 bits per heavy atom. The minimum atomic E-state index is -1.06. The van der Waals surface area contributed by atoms with E-state index in [-0.39, 0.29) is 6.61 Å². The number of hydrogen-bond donors (Lipinski definition) is 2. The summed E-state index contributed by atoms with van der Waals surface area (Å²) in [6, 6.07) is 6.11. The summed E-state index contributed by atoms with van der Waals surface area (Å²) < 4.78 is 10.9. The summed E-state index contributed by atoms with van der Waals surface area (Å²) >= 11 is 0. The van der Waals surface area contributed by atoms with Crippen LogP contribution in [0.1, 0.15) is 13.3 Å². The number of aliphatic carboxylic acids is 1. The highest BCUT2D eigenvalue weighted by molar-refractivity contribution is 5.86. The van der Waals surface area contributed by atoms with E-state index < -0.39 is 24.0 Å². The molecule has 2 atom stereocenters. The topological polar surface area (TPSA) is 84.9 Å². The zero-order chi connectivity index (χ0) is 13.8. The van der Waals surface area contributed by atoms with Gasteiger partial charge in [-0.05, 0) is 18.6 Å². The number of benzene rings is 1. The monoisotopic (exact) mass is 265 g/mol. The molecule has 0 saturated heterocycles. The molecule has 1 aromatic carbocycles. The summed E-state index contributed by atoms with van der Waals surface area (Å²) in [7, 11) is 0. The number of rotatable bonds is 4. The van der Waals surface area contributed by atoms with Crippen LogP contribution in [-0.2, 0) is 9.59 Å². The third kappa shape index (κ3) is 2.96. The molecule has 0 saturated carbocycles.